The summed E-state index contributed by atoms with van der Waals surface area (Å²) >= 11 is 24.2. The van der Waals surface area contributed by atoms with Crippen LogP contribution in [0.5, 0.6) is 0 Å². The average molecular weight is 683 g/mol. The maximum absolute atomic E-state index is 13.2. The number of carbonyl (C=O) groups is 1. The van der Waals surface area contributed by atoms with Gasteiger partial charge in [-0.15, -0.1) is 5.11 Å². The summed E-state index contributed by atoms with van der Waals surface area (Å²) < 4.78 is 79.7. The number of carbonyl (C=O) groups excluding carboxylic acids is 1. The summed E-state index contributed by atoms with van der Waals surface area (Å²) in [6.45, 7) is 3.19. The van der Waals surface area contributed by atoms with Crippen molar-refractivity contribution in [3.63, 3.8) is 0 Å². The lowest BCUT2D eigenvalue weighted by molar-refractivity contribution is -0.138. The molecule has 0 unspecified atom stereocenters. The fraction of sp³-hybridized carbons (Fsp3) is 0.185. The van der Waals surface area contributed by atoms with Crippen molar-refractivity contribution in [2.45, 2.75) is 32.6 Å². The maximum atomic E-state index is 13.2. The van der Waals surface area contributed by atoms with Crippen molar-refractivity contribution >= 4 is 74.9 Å². The van der Waals surface area contributed by atoms with E-state index in [1.165, 1.54) is 16.8 Å². The van der Waals surface area contributed by atoms with Crippen LogP contribution in [0, 0.1) is 6.92 Å². The molecule has 4 rings (SSSR count). The smallest absolute Gasteiger partial charge is 0.352 e. The molecule has 226 valence electrons. The van der Waals surface area contributed by atoms with E-state index in [-0.39, 0.29) is 60.7 Å². The van der Waals surface area contributed by atoms with E-state index in [1.54, 1.807) is 26.0 Å². The molecule has 1 N–H and O–H groups in total. The molecule has 4 aromatic rings. The number of azo groups is 1. The first-order valence-electron chi connectivity index (χ1n) is 12.1. The first kappa shape index (κ1) is 32.6. The summed E-state index contributed by atoms with van der Waals surface area (Å²) in [6.07, 6.45) is -9.24. The van der Waals surface area contributed by atoms with Gasteiger partial charge >= 0.3 is 12.4 Å². The Balaban J connectivity index is 1.65. The molecule has 6 nitrogen and oxygen atoms in total. The highest BCUT2D eigenvalue weighted by Gasteiger charge is 2.33. The Morgan fingerprint density at radius 2 is 1.33 bits per heavy atom. The Kier molecular flexibility index (Phi) is 9.36. The molecule has 0 amide bonds. The van der Waals surface area contributed by atoms with Crippen LogP contribution in [0.1, 0.15) is 40.7 Å². The Morgan fingerprint density at radius 3 is 1.79 bits per heavy atom. The summed E-state index contributed by atoms with van der Waals surface area (Å²) in [5, 5.41) is 13.9. The Bertz CT molecular complexity index is 1690. The lowest BCUT2D eigenvalue weighted by Gasteiger charge is -2.14. The number of anilines is 2. The third-order valence-corrected chi connectivity index (χ3v) is 7.16. The summed E-state index contributed by atoms with van der Waals surface area (Å²) in [5.41, 5.74) is -0.915. The summed E-state index contributed by atoms with van der Waals surface area (Å²) in [7, 11) is 0. The van der Waals surface area contributed by atoms with Crippen LogP contribution in [0.25, 0.3) is 5.69 Å². The fourth-order valence-electron chi connectivity index (χ4n) is 3.85. The molecule has 0 fully saturated rings. The average Bonchev–Trinajstić information content (AvgIpc) is 3.22. The monoisotopic (exact) mass is 681 g/mol. The van der Waals surface area contributed by atoms with E-state index in [2.05, 4.69) is 20.6 Å². The molecule has 43 heavy (non-hydrogen) atoms. The number of aromatic nitrogens is 2. The number of hydrogen-bond donors (Lipinski definition) is 1. The molecule has 0 saturated heterocycles. The van der Waals surface area contributed by atoms with E-state index in [0.29, 0.717) is 23.5 Å². The third kappa shape index (κ3) is 7.09. The van der Waals surface area contributed by atoms with Gasteiger partial charge in [0, 0.05) is 12.1 Å². The molecule has 0 bridgehead atoms. The van der Waals surface area contributed by atoms with Crippen LogP contribution < -0.4 is 5.32 Å². The van der Waals surface area contributed by atoms with Gasteiger partial charge in [0.1, 0.15) is 11.4 Å². The van der Waals surface area contributed by atoms with Crippen molar-refractivity contribution in [1.29, 1.82) is 0 Å². The number of nitrogens with one attached hydrogen (secondary N) is 1. The van der Waals surface area contributed by atoms with Crippen molar-refractivity contribution in [3.05, 3.63) is 91.1 Å². The van der Waals surface area contributed by atoms with Crippen molar-refractivity contribution in [1.82, 2.24) is 9.78 Å². The fourth-order valence-corrected chi connectivity index (χ4v) is 5.06. The van der Waals surface area contributed by atoms with Gasteiger partial charge in [-0.3, -0.25) is 4.79 Å². The van der Waals surface area contributed by atoms with Crippen LogP contribution >= 0.6 is 46.4 Å². The van der Waals surface area contributed by atoms with Crippen molar-refractivity contribution in [2.24, 2.45) is 10.2 Å². The maximum Gasteiger partial charge on any atom is 0.416 e. The number of halogens is 10. The van der Waals surface area contributed by atoms with E-state index in [1.807, 2.05) is 0 Å². The third-order valence-electron chi connectivity index (χ3n) is 6.00. The van der Waals surface area contributed by atoms with Crippen molar-refractivity contribution < 1.29 is 31.1 Å². The number of rotatable bonds is 7. The van der Waals surface area contributed by atoms with Gasteiger partial charge in [0.05, 0.1) is 48.3 Å². The molecule has 0 aliphatic carbocycles. The zero-order valence-electron chi connectivity index (χ0n) is 21.8. The second-order valence-corrected chi connectivity index (χ2v) is 10.6. The lowest BCUT2D eigenvalue weighted by atomic mass is 10.1. The molecule has 0 saturated carbocycles. The highest BCUT2D eigenvalue weighted by atomic mass is 35.5. The molecule has 3 aromatic carbocycles. The molecule has 0 aliphatic rings. The highest BCUT2D eigenvalue weighted by molar-refractivity contribution is 6.39. The molecule has 1 heterocycles. The highest BCUT2D eigenvalue weighted by Crippen LogP contribution is 2.41. The first-order chi connectivity index (χ1) is 20.0. The second kappa shape index (κ2) is 12.4. The standard InChI is InChI=1S/C27H17Cl4F6N5O/c1-3-21(43)24-22(12(2)42(41-24)25-19(30)10-14(11-20(25)31)27(35,36)37)38-15-4-6-16(7-5-15)39-40-23-17(28)8-13(9-18(23)29)26(32,33)34/h4-11,38H,3H2,1-2H3. The van der Waals surface area contributed by atoms with E-state index < -0.39 is 23.5 Å². The van der Waals surface area contributed by atoms with Crippen LogP contribution in [0.3, 0.4) is 0 Å². The van der Waals surface area contributed by atoms with Gasteiger partial charge in [0.15, 0.2) is 11.5 Å². The molecular weight excluding hydrogens is 666 g/mol. The number of ketones is 1. The molecule has 1 aromatic heterocycles. The van der Waals surface area contributed by atoms with Gasteiger partial charge in [-0.1, -0.05) is 53.3 Å². The number of nitrogens with zero attached hydrogens (tertiary/aromatic N) is 4. The number of hydrogen-bond acceptors (Lipinski definition) is 5. The largest absolute Gasteiger partial charge is 0.416 e. The van der Waals surface area contributed by atoms with Crippen LogP contribution in [0.2, 0.25) is 20.1 Å². The topological polar surface area (TPSA) is 71.6 Å². The zero-order chi connectivity index (χ0) is 31.9. The minimum atomic E-state index is -4.68. The molecule has 0 radical (unpaired) electrons. The second-order valence-electron chi connectivity index (χ2n) is 8.94. The molecular formula is C27H17Cl4F6N5O. The van der Waals surface area contributed by atoms with Gasteiger partial charge in [-0.25, -0.2) is 4.68 Å². The minimum absolute atomic E-state index is 0.00221. The normalized spacial score (nSPS) is 12.3. The van der Waals surface area contributed by atoms with Crippen LogP contribution in [-0.2, 0) is 12.4 Å². The quantitative estimate of drug-likeness (QED) is 0.120. The minimum Gasteiger partial charge on any atom is -0.352 e. The Hall–Kier alpha value is -3.32. The predicted molar refractivity (Wildman–Crippen MR) is 153 cm³/mol. The molecule has 0 spiro atoms. The predicted octanol–water partition coefficient (Wildman–Crippen LogP) is 11.6. The Morgan fingerprint density at radius 1 is 0.837 bits per heavy atom. The first-order valence-corrected chi connectivity index (χ1v) is 13.6. The van der Waals surface area contributed by atoms with E-state index in [9.17, 15) is 31.1 Å². The lowest BCUT2D eigenvalue weighted by Crippen LogP contribution is -2.08. The van der Waals surface area contributed by atoms with E-state index in [0.717, 1.165) is 12.1 Å². The van der Waals surface area contributed by atoms with Crippen LogP contribution in [0.15, 0.2) is 58.8 Å². The van der Waals surface area contributed by atoms with Gasteiger partial charge in [0.25, 0.3) is 0 Å². The SMILES string of the molecule is CCC(=O)c1nn(-c2c(Cl)cc(C(F)(F)F)cc2Cl)c(C)c1Nc1ccc(N=Nc2c(Cl)cc(C(F)(F)F)cc2Cl)cc1. The zero-order valence-corrected chi connectivity index (χ0v) is 24.8. The van der Waals surface area contributed by atoms with Crippen molar-refractivity contribution in [3.8, 4) is 5.69 Å². The van der Waals surface area contributed by atoms with Gasteiger partial charge in [-0.2, -0.15) is 36.6 Å². The van der Waals surface area contributed by atoms with Crippen LogP contribution in [0.4, 0.5) is 49.1 Å². The summed E-state index contributed by atoms with van der Waals surface area (Å²) in [6, 6.07) is 8.99. The Labute approximate surface area is 260 Å². The number of alkyl halides is 6. The van der Waals surface area contributed by atoms with E-state index >= 15 is 0 Å². The van der Waals surface area contributed by atoms with Crippen LogP contribution in [-0.4, -0.2) is 15.6 Å². The van der Waals surface area contributed by atoms with Gasteiger partial charge in [0.2, 0.25) is 0 Å². The molecule has 0 atom stereocenters. The summed E-state index contributed by atoms with van der Waals surface area (Å²) in [5.74, 6) is -0.362. The molecule has 16 heteroatoms. The molecule has 0 aliphatic heterocycles. The summed E-state index contributed by atoms with van der Waals surface area (Å²) in [4.78, 5) is 12.7. The number of Topliss-reactive ketones (excluding diaryl/α,β-unsaturated/α-hetero) is 1. The number of benzene rings is 3. The van der Waals surface area contributed by atoms with Gasteiger partial charge in [-0.05, 0) is 55.5 Å². The van der Waals surface area contributed by atoms with Crippen molar-refractivity contribution in [2.75, 3.05) is 5.32 Å². The van der Waals surface area contributed by atoms with Gasteiger partial charge < -0.3 is 5.32 Å². The van der Waals surface area contributed by atoms with E-state index in [4.69, 9.17) is 46.4 Å².